The Kier molecular flexibility index (Phi) is 0.745. The second-order valence-corrected chi connectivity index (χ2v) is 4.00. The van der Waals surface area contributed by atoms with E-state index in [1.54, 1.807) is 0 Å². The fraction of sp³-hybridized carbons (Fsp3) is 1.00. The highest BCUT2D eigenvalue weighted by Crippen LogP contribution is 2.04. The summed E-state index contributed by atoms with van der Waals surface area (Å²) >= 11 is 0. The van der Waals surface area contributed by atoms with E-state index in [0.29, 0.717) is 0 Å². The minimum absolute atomic E-state index is 0.469. The number of hydrogen-bond acceptors (Lipinski definition) is 1. The van der Waals surface area contributed by atoms with Gasteiger partial charge >= 0.3 is 0 Å². The number of hydrogen-bond donors (Lipinski definition) is 0. The fourth-order valence-electron chi connectivity index (χ4n) is 0.354. The second-order valence-electron chi connectivity index (χ2n) is 1.47. The average molecular weight is 88.2 g/mol. The Morgan fingerprint density at radius 2 is 2.20 bits per heavy atom. The van der Waals surface area contributed by atoms with Crippen molar-refractivity contribution in [3.8, 4) is 0 Å². The average Bonchev–Trinajstić information content (AvgIpc) is 1.30. The SMILES string of the molecule is C[SiH]1CCO1. The highest BCUT2D eigenvalue weighted by Gasteiger charge is 2.12. The summed E-state index contributed by atoms with van der Waals surface area (Å²) in [6.07, 6.45) is 0. The van der Waals surface area contributed by atoms with Gasteiger partial charge in [0.2, 0.25) is 0 Å². The summed E-state index contributed by atoms with van der Waals surface area (Å²) in [5.74, 6) is 0. The molecule has 30 valence electrons. The Morgan fingerprint density at radius 3 is 2.20 bits per heavy atom. The Hall–Kier alpha value is 0.177. The van der Waals surface area contributed by atoms with Crippen LogP contribution >= 0.6 is 0 Å². The molecule has 0 saturated carbocycles. The minimum atomic E-state index is -0.469. The van der Waals surface area contributed by atoms with Crippen LogP contribution in [0.2, 0.25) is 12.6 Å². The molecule has 0 aromatic heterocycles. The van der Waals surface area contributed by atoms with Crippen LogP contribution in [0, 0.1) is 0 Å². The van der Waals surface area contributed by atoms with E-state index in [1.807, 2.05) is 0 Å². The maximum atomic E-state index is 5.07. The van der Waals surface area contributed by atoms with Gasteiger partial charge in [-0.2, -0.15) is 0 Å². The zero-order chi connectivity index (χ0) is 3.70. The highest BCUT2D eigenvalue weighted by atomic mass is 28.3. The molecular formula is C3H8OSi. The quantitative estimate of drug-likeness (QED) is 0.389. The third kappa shape index (κ3) is 0.519. The Morgan fingerprint density at radius 1 is 1.80 bits per heavy atom. The molecule has 1 rings (SSSR count). The van der Waals surface area contributed by atoms with Crippen molar-refractivity contribution in [3.05, 3.63) is 0 Å². The first-order valence-electron chi connectivity index (χ1n) is 2.01. The molecule has 0 aromatic rings. The van der Waals surface area contributed by atoms with Gasteiger partial charge in [0.25, 0.3) is 0 Å². The molecule has 1 heterocycles. The maximum Gasteiger partial charge on any atom is 0.176 e. The minimum Gasteiger partial charge on any atom is -0.420 e. The lowest BCUT2D eigenvalue weighted by atomic mass is 10.9. The van der Waals surface area contributed by atoms with Gasteiger partial charge in [-0.25, -0.2) is 0 Å². The Bertz CT molecular complexity index is 33.9. The summed E-state index contributed by atoms with van der Waals surface area (Å²) in [5, 5.41) is 0. The van der Waals surface area contributed by atoms with Crippen LogP contribution in [0.1, 0.15) is 0 Å². The van der Waals surface area contributed by atoms with Crippen LogP contribution in [0.25, 0.3) is 0 Å². The van der Waals surface area contributed by atoms with Crippen molar-refractivity contribution in [1.82, 2.24) is 0 Å². The first-order chi connectivity index (χ1) is 2.39. The molecule has 1 atom stereocenters. The van der Waals surface area contributed by atoms with E-state index in [0.717, 1.165) is 6.61 Å². The third-order valence-electron chi connectivity index (χ3n) is 0.927. The summed E-state index contributed by atoms with van der Waals surface area (Å²) in [4.78, 5) is 0. The van der Waals surface area contributed by atoms with Gasteiger partial charge in [-0.3, -0.25) is 0 Å². The summed E-state index contributed by atoms with van der Waals surface area (Å²) in [7, 11) is -0.469. The molecule has 0 aliphatic carbocycles. The molecule has 1 unspecified atom stereocenters. The van der Waals surface area contributed by atoms with E-state index < -0.39 is 9.04 Å². The predicted octanol–water partition coefficient (Wildman–Crippen LogP) is 0.370. The first kappa shape index (κ1) is 3.37. The maximum absolute atomic E-state index is 5.07. The smallest absolute Gasteiger partial charge is 0.176 e. The molecule has 1 nitrogen and oxygen atoms in total. The van der Waals surface area contributed by atoms with Crippen LogP contribution in [0.4, 0.5) is 0 Å². The van der Waals surface area contributed by atoms with Gasteiger partial charge in [0.15, 0.2) is 9.04 Å². The monoisotopic (exact) mass is 88.0 g/mol. The molecular weight excluding hydrogens is 80.1 g/mol. The Balaban J connectivity index is 2.08. The molecule has 2 heteroatoms. The van der Waals surface area contributed by atoms with Gasteiger partial charge in [-0.1, -0.05) is 0 Å². The van der Waals surface area contributed by atoms with Gasteiger partial charge in [0, 0.05) is 6.61 Å². The zero-order valence-corrected chi connectivity index (χ0v) is 4.55. The molecule has 0 bridgehead atoms. The molecule has 0 spiro atoms. The topological polar surface area (TPSA) is 9.23 Å². The third-order valence-corrected chi connectivity index (χ3v) is 2.78. The van der Waals surface area contributed by atoms with Crippen LogP contribution in [-0.4, -0.2) is 15.6 Å². The van der Waals surface area contributed by atoms with E-state index in [4.69, 9.17) is 4.43 Å². The molecule has 1 saturated heterocycles. The standard InChI is InChI=1S/C3H8OSi/c1-5-3-2-4-5/h5H,2-3H2,1H3. The molecule has 1 aliphatic rings. The summed E-state index contributed by atoms with van der Waals surface area (Å²) in [6, 6.07) is 1.40. The van der Waals surface area contributed by atoms with Crippen molar-refractivity contribution in [3.63, 3.8) is 0 Å². The normalized spacial score (nSPS) is 36.6. The molecule has 1 aliphatic heterocycles. The van der Waals surface area contributed by atoms with Crippen LogP contribution < -0.4 is 0 Å². The summed E-state index contributed by atoms with van der Waals surface area (Å²) in [5.41, 5.74) is 0. The summed E-state index contributed by atoms with van der Waals surface area (Å²) in [6.45, 7) is 3.27. The molecule has 0 aromatic carbocycles. The van der Waals surface area contributed by atoms with Gasteiger partial charge in [0.05, 0.1) is 0 Å². The first-order valence-corrected chi connectivity index (χ1v) is 4.45. The van der Waals surface area contributed by atoms with E-state index in [2.05, 4.69) is 6.55 Å². The van der Waals surface area contributed by atoms with E-state index >= 15 is 0 Å². The fourth-order valence-corrected chi connectivity index (χ4v) is 1.06. The van der Waals surface area contributed by atoms with Gasteiger partial charge in [-0.05, 0) is 12.6 Å². The molecule has 5 heavy (non-hydrogen) atoms. The van der Waals surface area contributed by atoms with Crippen LogP contribution in [0.15, 0.2) is 0 Å². The van der Waals surface area contributed by atoms with Crippen molar-refractivity contribution >= 4 is 9.04 Å². The molecule has 0 radical (unpaired) electrons. The van der Waals surface area contributed by atoms with Crippen molar-refractivity contribution in [2.45, 2.75) is 12.6 Å². The van der Waals surface area contributed by atoms with Crippen molar-refractivity contribution in [2.24, 2.45) is 0 Å². The van der Waals surface area contributed by atoms with Gasteiger partial charge < -0.3 is 4.43 Å². The van der Waals surface area contributed by atoms with E-state index in [-0.39, 0.29) is 0 Å². The largest absolute Gasteiger partial charge is 0.420 e. The second kappa shape index (κ2) is 1.10. The lowest BCUT2D eigenvalue weighted by Crippen LogP contribution is -2.26. The van der Waals surface area contributed by atoms with Gasteiger partial charge in [-0.15, -0.1) is 0 Å². The molecule has 0 N–H and O–H groups in total. The lowest BCUT2D eigenvalue weighted by Gasteiger charge is -2.19. The van der Waals surface area contributed by atoms with Crippen LogP contribution in [0.3, 0.4) is 0 Å². The van der Waals surface area contributed by atoms with E-state index in [1.165, 1.54) is 6.04 Å². The summed E-state index contributed by atoms with van der Waals surface area (Å²) < 4.78 is 5.07. The van der Waals surface area contributed by atoms with Crippen molar-refractivity contribution in [2.75, 3.05) is 6.61 Å². The van der Waals surface area contributed by atoms with Crippen molar-refractivity contribution < 1.29 is 4.43 Å². The van der Waals surface area contributed by atoms with Crippen LogP contribution in [-0.2, 0) is 4.43 Å². The Labute approximate surface area is 33.7 Å². The zero-order valence-electron chi connectivity index (χ0n) is 3.40. The lowest BCUT2D eigenvalue weighted by molar-refractivity contribution is 0.283. The molecule has 1 fully saturated rings. The predicted molar refractivity (Wildman–Crippen MR) is 23.8 cm³/mol. The molecule has 0 amide bonds. The van der Waals surface area contributed by atoms with E-state index in [9.17, 15) is 0 Å². The number of rotatable bonds is 0. The highest BCUT2D eigenvalue weighted by molar-refractivity contribution is 6.52. The van der Waals surface area contributed by atoms with Gasteiger partial charge in [0.1, 0.15) is 0 Å². The van der Waals surface area contributed by atoms with Crippen molar-refractivity contribution in [1.29, 1.82) is 0 Å². The van der Waals surface area contributed by atoms with Crippen LogP contribution in [0.5, 0.6) is 0 Å².